The van der Waals surface area contributed by atoms with Crippen molar-refractivity contribution in [3.8, 4) is 0 Å². The van der Waals surface area contributed by atoms with E-state index < -0.39 is 11.7 Å². The summed E-state index contributed by atoms with van der Waals surface area (Å²) < 4.78 is 13.7. The molecule has 4 N–H and O–H groups in total. The van der Waals surface area contributed by atoms with Crippen molar-refractivity contribution in [2.24, 2.45) is 5.84 Å². The van der Waals surface area contributed by atoms with Crippen molar-refractivity contribution in [3.05, 3.63) is 51.3 Å². The van der Waals surface area contributed by atoms with Crippen LogP contribution in [0.3, 0.4) is 0 Å². The van der Waals surface area contributed by atoms with Crippen LogP contribution in [0.5, 0.6) is 0 Å². The molecule has 104 valence electrons. The number of amides is 1. The van der Waals surface area contributed by atoms with Gasteiger partial charge in [0.15, 0.2) is 5.82 Å². The van der Waals surface area contributed by atoms with E-state index in [1.54, 1.807) is 6.07 Å². The van der Waals surface area contributed by atoms with Crippen molar-refractivity contribution >= 4 is 44.9 Å². The molecule has 8 heteroatoms. The maximum Gasteiger partial charge on any atom is 0.257 e. The quantitative estimate of drug-likeness (QED) is 0.581. The Labute approximate surface area is 127 Å². The van der Waals surface area contributed by atoms with Gasteiger partial charge in [-0.25, -0.2) is 15.2 Å². The lowest BCUT2D eigenvalue weighted by Crippen LogP contribution is -2.14. The van der Waals surface area contributed by atoms with Gasteiger partial charge in [0.2, 0.25) is 0 Å². The Kier molecular flexibility index (Phi) is 4.53. The molecule has 2 rings (SSSR count). The van der Waals surface area contributed by atoms with Gasteiger partial charge < -0.3 is 10.7 Å². The smallest absolute Gasteiger partial charge is 0.257 e. The second-order valence-electron chi connectivity index (χ2n) is 3.78. The molecule has 1 aromatic carbocycles. The van der Waals surface area contributed by atoms with Crippen molar-refractivity contribution in [1.29, 1.82) is 0 Å². The maximum absolute atomic E-state index is 13.3. The first-order chi connectivity index (χ1) is 9.51. The largest absolute Gasteiger partial charge is 0.322 e. The van der Waals surface area contributed by atoms with Gasteiger partial charge in [0.05, 0.1) is 15.1 Å². The minimum atomic E-state index is -0.471. The monoisotopic (exact) mass is 358 g/mol. The molecule has 0 atom stereocenters. The Morgan fingerprint density at radius 2 is 2.15 bits per heavy atom. The Hall–Kier alpha value is -1.70. The lowest BCUT2D eigenvalue weighted by molar-refractivity contribution is 0.102. The van der Waals surface area contributed by atoms with Crippen LogP contribution >= 0.6 is 27.5 Å². The van der Waals surface area contributed by atoms with Crippen LogP contribution in [0, 0.1) is 5.82 Å². The number of nitrogens with zero attached hydrogens (tertiary/aromatic N) is 1. The molecule has 0 unspecified atom stereocenters. The van der Waals surface area contributed by atoms with Crippen molar-refractivity contribution in [1.82, 2.24) is 4.98 Å². The second-order valence-corrected chi connectivity index (χ2v) is 5.04. The first kappa shape index (κ1) is 14.7. The molecule has 1 amide bonds. The van der Waals surface area contributed by atoms with E-state index in [-0.39, 0.29) is 16.4 Å². The van der Waals surface area contributed by atoms with Crippen molar-refractivity contribution < 1.29 is 9.18 Å². The fraction of sp³-hybridized carbons (Fsp3) is 0. The summed E-state index contributed by atoms with van der Waals surface area (Å²) in [6.45, 7) is 0. The summed E-state index contributed by atoms with van der Waals surface area (Å²) in [5, 5.41) is 2.75. The number of nitrogen functional groups attached to an aromatic ring is 1. The SMILES string of the molecule is NNc1ncc(C(=O)Nc2ccc(Br)c(F)c2)cc1Cl. The van der Waals surface area contributed by atoms with Crippen LogP contribution < -0.4 is 16.6 Å². The molecule has 0 aliphatic carbocycles. The molecule has 0 radical (unpaired) electrons. The number of nitrogens with two attached hydrogens (primary N) is 1. The van der Waals surface area contributed by atoms with E-state index in [9.17, 15) is 9.18 Å². The molecule has 0 fully saturated rings. The Morgan fingerprint density at radius 3 is 2.75 bits per heavy atom. The standard InChI is InChI=1S/C12H9BrClFN4O/c13-8-2-1-7(4-10(8)15)18-12(20)6-3-9(14)11(19-16)17-5-6/h1-5H,16H2,(H,17,19)(H,18,20). The lowest BCUT2D eigenvalue weighted by Gasteiger charge is -2.07. The molecule has 0 bridgehead atoms. The van der Waals surface area contributed by atoms with Crippen LogP contribution in [-0.4, -0.2) is 10.9 Å². The number of nitrogens with one attached hydrogen (secondary N) is 2. The van der Waals surface area contributed by atoms with Gasteiger partial charge >= 0.3 is 0 Å². The number of carbonyl (C=O) groups excluding carboxylic acids is 1. The number of pyridine rings is 1. The van der Waals surface area contributed by atoms with Gasteiger partial charge in [-0.15, -0.1) is 0 Å². The zero-order valence-corrected chi connectivity index (χ0v) is 12.3. The highest BCUT2D eigenvalue weighted by atomic mass is 79.9. The van der Waals surface area contributed by atoms with Crippen molar-refractivity contribution in [2.45, 2.75) is 0 Å². The molecule has 0 saturated carbocycles. The third-order valence-electron chi connectivity index (χ3n) is 2.42. The van der Waals surface area contributed by atoms with E-state index in [1.807, 2.05) is 0 Å². The molecule has 0 aliphatic heterocycles. The zero-order chi connectivity index (χ0) is 14.7. The average molecular weight is 360 g/mol. The Morgan fingerprint density at radius 1 is 1.40 bits per heavy atom. The predicted octanol–water partition coefficient (Wildman–Crippen LogP) is 3.17. The molecule has 1 aromatic heterocycles. The van der Waals surface area contributed by atoms with Crippen LogP contribution in [0.4, 0.5) is 15.9 Å². The van der Waals surface area contributed by atoms with Crippen LogP contribution in [0.15, 0.2) is 34.9 Å². The number of benzene rings is 1. The summed E-state index contributed by atoms with van der Waals surface area (Å²) in [6, 6.07) is 5.68. The van der Waals surface area contributed by atoms with E-state index >= 15 is 0 Å². The molecule has 0 aliphatic rings. The first-order valence-corrected chi connectivity index (χ1v) is 6.57. The van der Waals surface area contributed by atoms with Gasteiger partial charge in [-0.3, -0.25) is 4.79 Å². The van der Waals surface area contributed by atoms with Gasteiger partial charge in [0, 0.05) is 11.9 Å². The summed E-state index contributed by atoms with van der Waals surface area (Å²) in [7, 11) is 0. The normalized spacial score (nSPS) is 10.2. The molecular formula is C12H9BrClFN4O. The van der Waals surface area contributed by atoms with Crippen molar-refractivity contribution in [3.63, 3.8) is 0 Å². The van der Waals surface area contributed by atoms with Gasteiger partial charge in [-0.2, -0.15) is 0 Å². The fourth-order valence-electron chi connectivity index (χ4n) is 1.45. The van der Waals surface area contributed by atoms with Crippen LogP contribution in [0.2, 0.25) is 5.02 Å². The number of hydrogen-bond acceptors (Lipinski definition) is 4. The van der Waals surface area contributed by atoms with E-state index in [0.717, 1.165) is 0 Å². The van der Waals surface area contributed by atoms with Gasteiger partial charge in [-0.1, -0.05) is 11.6 Å². The van der Waals surface area contributed by atoms with E-state index in [4.69, 9.17) is 17.4 Å². The fourth-order valence-corrected chi connectivity index (χ4v) is 1.91. The van der Waals surface area contributed by atoms with Gasteiger partial charge in [0.1, 0.15) is 5.82 Å². The number of carbonyl (C=O) groups is 1. The number of aromatic nitrogens is 1. The number of hydrazine groups is 1. The summed E-state index contributed by atoms with van der Waals surface area (Å²) in [6.07, 6.45) is 1.31. The number of anilines is 2. The molecule has 5 nitrogen and oxygen atoms in total. The minimum Gasteiger partial charge on any atom is -0.322 e. The summed E-state index contributed by atoms with van der Waals surface area (Å²) in [5.41, 5.74) is 2.86. The minimum absolute atomic E-state index is 0.210. The molecule has 0 saturated heterocycles. The lowest BCUT2D eigenvalue weighted by atomic mass is 10.2. The first-order valence-electron chi connectivity index (χ1n) is 5.40. The Balaban J connectivity index is 2.19. The van der Waals surface area contributed by atoms with Gasteiger partial charge in [-0.05, 0) is 40.2 Å². The predicted molar refractivity (Wildman–Crippen MR) is 79.1 cm³/mol. The summed E-state index contributed by atoms with van der Waals surface area (Å²) in [5.74, 6) is 4.52. The maximum atomic E-state index is 13.3. The highest BCUT2D eigenvalue weighted by Gasteiger charge is 2.10. The molecule has 1 heterocycles. The number of hydrogen-bond donors (Lipinski definition) is 3. The summed E-state index contributed by atoms with van der Waals surface area (Å²) in [4.78, 5) is 15.8. The Bertz CT molecular complexity index is 668. The third kappa shape index (κ3) is 3.24. The average Bonchev–Trinajstić information content (AvgIpc) is 2.42. The number of rotatable bonds is 3. The van der Waals surface area contributed by atoms with Crippen LogP contribution in [0.25, 0.3) is 0 Å². The van der Waals surface area contributed by atoms with E-state index in [2.05, 4.69) is 31.7 Å². The molecule has 2 aromatic rings. The third-order valence-corrected chi connectivity index (χ3v) is 3.35. The van der Waals surface area contributed by atoms with Crippen LogP contribution in [-0.2, 0) is 0 Å². The summed E-state index contributed by atoms with van der Waals surface area (Å²) >= 11 is 8.90. The van der Waals surface area contributed by atoms with E-state index in [0.29, 0.717) is 10.2 Å². The molecule has 20 heavy (non-hydrogen) atoms. The highest BCUT2D eigenvalue weighted by Crippen LogP contribution is 2.22. The van der Waals surface area contributed by atoms with Crippen molar-refractivity contribution in [2.75, 3.05) is 10.7 Å². The molecular weight excluding hydrogens is 351 g/mol. The highest BCUT2D eigenvalue weighted by molar-refractivity contribution is 9.10. The topological polar surface area (TPSA) is 80.0 Å². The second kappa shape index (κ2) is 6.17. The molecule has 0 spiro atoms. The van der Waals surface area contributed by atoms with Gasteiger partial charge in [0.25, 0.3) is 5.91 Å². The van der Waals surface area contributed by atoms with Crippen LogP contribution in [0.1, 0.15) is 10.4 Å². The number of halogens is 3. The van der Waals surface area contributed by atoms with E-state index in [1.165, 1.54) is 24.4 Å². The zero-order valence-electron chi connectivity index (χ0n) is 9.95.